The summed E-state index contributed by atoms with van der Waals surface area (Å²) in [5.74, 6) is -0.651. The zero-order valence-electron chi connectivity index (χ0n) is 25.6. The highest BCUT2D eigenvalue weighted by Crippen LogP contribution is 2.40. The fraction of sp³-hybridized carbons (Fsp3) is 0.344. The second-order valence-electron chi connectivity index (χ2n) is 11.6. The maximum Gasteiger partial charge on any atom is 0.415 e. The second-order valence-corrected chi connectivity index (χ2v) is 11.6. The van der Waals surface area contributed by atoms with E-state index < -0.39 is 23.6 Å². The minimum Gasteiger partial charge on any atom is -0.458 e. The van der Waals surface area contributed by atoms with Crippen LogP contribution in [0.1, 0.15) is 52.9 Å². The van der Waals surface area contributed by atoms with Crippen molar-refractivity contribution in [1.29, 1.82) is 0 Å². The molecule has 3 aromatic heterocycles. The number of benzene rings is 1. The number of aliphatic hydroxyl groups is 1. The minimum absolute atomic E-state index is 0.0619. The first-order chi connectivity index (χ1) is 22.7. The van der Waals surface area contributed by atoms with Gasteiger partial charge >= 0.3 is 12.1 Å². The Morgan fingerprint density at radius 1 is 1.09 bits per heavy atom. The molecular weight excluding hydrogens is 610 g/mol. The number of pyridine rings is 2. The van der Waals surface area contributed by atoms with Crippen LogP contribution in [0.25, 0.3) is 22.3 Å². The lowest BCUT2D eigenvalue weighted by Crippen LogP contribution is -2.50. The average molecular weight is 642 g/mol. The third-order valence-electron chi connectivity index (χ3n) is 9.13. The predicted molar refractivity (Wildman–Crippen MR) is 165 cm³/mol. The fourth-order valence-corrected chi connectivity index (χ4v) is 6.47. The second kappa shape index (κ2) is 11.4. The van der Waals surface area contributed by atoms with Crippen molar-refractivity contribution >= 4 is 34.8 Å². The number of cyclic esters (lactones) is 1. The minimum atomic E-state index is -1.90. The molecule has 0 saturated carbocycles. The van der Waals surface area contributed by atoms with E-state index in [4.69, 9.17) is 19.7 Å². The topological polar surface area (TPSA) is 189 Å². The number of rotatable bonds is 5. The lowest BCUT2D eigenvalue weighted by Gasteiger charge is -2.34. The molecule has 0 unspecified atom stereocenters. The number of carbonyl (C=O) groups is 3. The summed E-state index contributed by atoms with van der Waals surface area (Å²) in [5.41, 5.74) is 3.32. The van der Waals surface area contributed by atoms with Gasteiger partial charge in [0.15, 0.2) is 5.60 Å². The monoisotopic (exact) mass is 641 g/mol. The fourth-order valence-electron chi connectivity index (χ4n) is 6.47. The van der Waals surface area contributed by atoms with Crippen molar-refractivity contribution in [3.05, 3.63) is 74.8 Å². The summed E-state index contributed by atoms with van der Waals surface area (Å²) in [6.45, 7) is 5.33. The highest BCUT2D eigenvalue weighted by molar-refractivity contribution is 5.93. The molecule has 3 N–H and O–H groups in total. The molecule has 4 aromatic rings. The maximum absolute atomic E-state index is 13.5. The first-order valence-electron chi connectivity index (χ1n) is 15.3. The van der Waals surface area contributed by atoms with Gasteiger partial charge in [-0.3, -0.25) is 14.8 Å². The Bertz CT molecular complexity index is 2020. The molecule has 15 nitrogen and oxygen atoms in total. The number of carbonyl (C=O) groups excluding carboxylic acids is 3. The lowest BCUT2D eigenvalue weighted by atomic mass is 9.86. The first-order valence-corrected chi connectivity index (χ1v) is 15.3. The normalized spacial score (nSPS) is 18.3. The Balaban J connectivity index is 1.12. The van der Waals surface area contributed by atoms with Crippen LogP contribution in [0.4, 0.5) is 10.7 Å². The third kappa shape index (κ3) is 4.85. The van der Waals surface area contributed by atoms with Crippen molar-refractivity contribution in [3.63, 3.8) is 0 Å². The molecule has 1 aromatic carbocycles. The average Bonchev–Trinajstić information content (AvgIpc) is 3.46. The molecule has 0 spiro atoms. The lowest BCUT2D eigenvalue weighted by molar-refractivity contribution is -0.172. The molecule has 1 atom stereocenters. The van der Waals surface area contributed by atoms with Crippen molar-refractivity contribution in [2.24, 2.45) is 0 Å². The number of hydrogen-bond donors (Lipinski definition) is 3. The number of hydrogen-bond acceptors (Lipinski definition) is 12. The van der Waals surface area contributed by atoms with Crippen molar-refractivity contribution in [1.82, 2.24) is 29.9 Å². The molecule has 15 heteroatoms. The number of nitrogens with one attached hydrogen (secondary N) is 1. The predicted octanol–water partition coefficient (Wildman–Crippen LogP) is 1.87. The number of ether oxygens (including phenoxy) is 2. The van der Waals surface area contributed by atoms with Crippen molar-refractivity contribution < 1.29 is 34.2 Å². The van der Waals surface area contributed by atoms with E-state index in [-0.39, 0.29) is 41.8 Å². The van der Waals surface area contributed by atoms with Gasteiger partial charge in [-0.05, 0) is 37.1 Å². The molecule has 2 amide bonds. The van der Waals surface area contributed by atoms with E-state index >= 15 is 0 Å². The number of aryl methyl sites for hydroxylation is 1. The molecule has 47 heavy (non-hydrogen) atoms. The van der Waals surface area contributed by atoms with Gasteiger partial charge in [-0.15, -0.1) is 0 Å². The Kier molecular flexibility index (Phi) is 7.36. The smallest absolute Gasteiger partial charge is 0.415 e. The number of esters is 1. The Morgan fingerprint density at radius 3 is 2.51 bits per heavy atom. The van der Waals surface area contributed by atoms with Gasteiger partial charge in [0.25, 0.3) is 11.5 Å². The molecule has 0 bridgehead atoms. The number of nitrogens with zero attached hydrogens (tertiary/aromatic N) is 6. The van der Waals surface area contributed by atoms with Gasteiger partial charge in [-0.2, -0.15) is 0 Å². The standard InChI is InChI=1S/C32H31N7O8/c1-3-19-20-11-17-15-39-24(12-22-21(28(39)41)16-46-29(42)32(22,44)4-2)26(17)35-23(20)5-6-25(19)47-31(43)38-9-7-37(8-10-38)30-33-13-18(14-34-30)27(40)36-45/h5-6,11-14,44-45H,3-4,7-10,15-16H2,1-2H3,(H,36,40)/t32-/m0/s1. The molecule has 1 fully saturated rings. The number of anilines is 1. The molecule has 0 radical (unpaired) electrons. The summed E-state index contributed by atoms with van der Waals surface area (Å²) >= 11 is 0. The summed E-state index contributed by atoms with van der Waals surface area (Å²) in [6.07, 6.45) is 2.76. The van der Waals surface area contributed by atoms with Gasteiger partial charge in [-0.1, -0.05) is 13.8 Å². The van der Waals surface area contributed by atoms with Crippen LogP contribution in [0.15, 0.2) is 41.5 Å². The molecule has 3 aliphatic rings. The first kappa shape index (κ1) is 30.3. The summed E-state index contributed by atoms with van der Waals surface area (Å²) in [4.78, 5) is 67.5. The van der Waals surface area contributed by atoms with Gasteiger partial charge in [-0.25, -0.2) is 30.0 Å². The van der Waals surface area contributed by atoms with Crippen LogP contribution in [0, 0.1) is 0 Å². The molecule has 1 saturated heterocycles. The van der Waals surface area contributed by atoms with Crippen LogP contribution < -0.4 is 20.7 Å². The zero-order valence-corrected chi connectivity index (χ0v) is 25.6. The summed E-state index contributed by atoms with van der Waals surface area (Å²) in [7, 11) is 0. The van der Waals surface area contributed by atoms with Crippen LogP contribution in [0.3, 0.4) is 0 Å². The summed E-state index contributed by atoms with van der Waals surface area (Å²) < 4.78 is 12.7. The van der Waals surface area contributed by atoms with E-state index in [1.807, 2.05) is 17.9 Å². The Morgan fingerprint density at radius 2 is 1.83 bits per heavy atom. The van der Waals surface area contributed by atoms with Gasteiger partial charge in [0.2, 0.25) is 5.95 Å². The van der Waals surface area contributed by atoms with E-state index in [2.05, 4.69) is 9.97 Å². The summed E-state index contributed by atoms with van der Waals surface area (Å²) in [6, 6.07) is 7.12. The van der Waals surface area contributed by atoms with E-state index in [0.717, 1.165) is 16.5 Å². The highest BCUT2D eigenvalue weighted by atomic mass is 16.6. The molecule has 242 valence electrons. The molecule has 7 rings (SSSR count). The quantitative estimate of drug-likeness (QED) is 0.144. The van der Waals surface area contributed by atoms with Crippen LogP contribution in [-0.4, -0.2) is 78.9 Å². The largest absolute Gasteiger partial charge is 0.458 e. The third-order valence-corrected chi connectivity index (χ3v) is 9.13. The maximum atomic E-state index is 13.5. The Labute approximate surface area is 267 Å². The number of hydroxylamine groups is 1. The Hall–Kier alpha value is -5.41. The van der Waals surface area contributed by atoms with Crippen molar-refractivity contribution in [2.75, 3.05) is 31.1 Å². The highest BCUT2D eigenvalue weighted by Gasteiger charge is 2.45. The van der Waals surface area contributed by atoms with E-state index in [1.165, 1.54) is 12.4 Å². The van der Waals surface area contributed by atoms with Gasteiger partial charge < -0.3 is 28.9 Å². The number of amides is 2. The van der Waals surface area contributed by atoms with Crippen molar-refractivity contribution in [3.8, 4) is 17.1 Å². The van der Waals surface area contributed by atoms with Gasteiger partial charge in [0.1, 0.15) is 12.4 Å². The molecular formula is C32H31N7O8. The van der Waals surface area contributed by atoms with Crippen LogP contribution in [0.5, 0.6) is 5.75 Å². The van der Waals surface area contributed by atoms with E-state index in [0.29, 0.717) is 61.2 Å². The molecule has 3 aliphatic heterocycles. The number of piperazine rings is 1. The summed E-state index contributed by atoms with van der Waals surface area (Å²) in [5, 5.41) is 20.7. The van der Waals surface area contributed by atoms with Crippen LogP contribution in [-0.2, 0) is 34.7 Å². The zero-order chi connectivity index (χ0) is 33.0. The van der Waals surface area contributed by atoms with Crippen molar-refractivity contribution in [2.45, 2.75) is 45.4 Å². The number of aromatic nitrogens is 4. The van der Waals surface area contributed by atoms with Gasteiger partial charge in [0.05, 0.1) is 34.6 Å². The molecule has 0 aliphatic carbocycles. The SMILES string of the molecule is CCc1c(OC(=O)N2CCN(c3ncc(C(=O)NO)cn3)CC2)ccc2nc3c(cc12)Cn1c-3cc2c(c1=O)COC(=O)[C@]2(O)CC. The van der Waals surface area contributed by atoms with Gasteiger partial charge in [0, 0.05) is 60.6 Å². The number of fused-ring (bicyclic) bond motifs is 5. The molecule has 6 heterocycles. The van der Waals surface area contributed by atoms with E-state index in [9.17, 15) is 24.3 Å². The van der Waals surface area contributed by atoms with E-state index in [1.54, 1.807) is 40.1 Å². The van der Waals surface area contributed by atoms with Crippen LogP contribution >= 0.6 is 0 Å². The van der Waals surface area contributed by atoms with Crippen LogP contribution in [0.2, 0.25) is 0 Å².